The average molecular weight is 445 g/mol. The van der Waals surface area contributed by atoms with E-state index in [1.54, 1.807) is 35.9 Å². The normalized spacial score (nSPS) is 19.7. The highest BCUT2D eigenvalue weighted by Crippen LogP contribution is 2.31. The van der Waals surface area contributed by atoms with Gasteiger partial charge in [0.15, 0.2) is 5.03 Å². The number of amides is 1. The number of rotatable bonds is 5. The van der Waals surface area contributed by atoms with Crippen LogP contribution in [0.1, 0.15) is 21.8 Å². The van der Waals surface area contributed by atoms with Crippen molar-refractivity contribution in [3.8, 4) is 0 Å². The van der Waals surface area contributed by atoms with E-state index in [9.17, 15) is 13.2 Å². The van der Waals surface area contributed by atoms with Crippen molar-refractivity contribution in [1.82, 2.24) is 19.2 Å². The van der Waals surface area contributed by atoms with Crippen LogP contribution in [0.4, 0.5) is 0 Å². The number of imidazole rings is 1. The van der Waals surface area contributed by atoms with Crippen LogP contribution in [0.3, 0.4) is 0 Å². The second-order valence-corrected chi connectivity index (χ2v) is 9.57. The minimum Gasteiger partial charge on any atom is -0.347 e. The minimum atomic E-state index is -3.78. The van der Waals surface area contributed by atoms with E-state index in [2.05, 4.69) is 10.3 Å². The molecule has 1 saturated heterocycles. The molecular formula is C21H21ClN4O3S. The zero-order valence-electron chi connectivity index (χ0n) is 16.3. The van der Waals surface area contributed by atoms with Crippen LogP contribution in [0.5, 0.6) is 0 Å². The molecule has 1 fully saturated rings. The number of nitrogens with zero attached hydrogens (tertiary/aromatic N) is 3. The summed E-state index contributed by atoms with van der Waals surface area (Å²) in [6.07, 6.45) is 2.93. The van der Waals surface area contributed by atoms with Gasteiger partial charge in [0.2, 0.25) is 0 Å². The molecule has 3 aromatic rings. The van der Waals surface area contributed by atoms with Crippen LogP contribution in [-0.2, 0) is 17.1 Å². The maximum absolute atomic E-state index is 13.1. The first-order valence-corrected chi connectivity index (χ1v) is 11.3. The Bertz CT molecular complexity index is 1160. The van der Waals surface area contributed by atoms with Gasteiger partial charge in [0.05, 0.1) is 23.0 Å². The molecule has 0 spiro atoms. The number of hydrogen-bond donors (Lipinski definition) is 1. The molecule has 7 nitrogen and oxygen atoms in total. The largest absolute Gasteiger partial charge is 0.347 e. The number of nitrogens with one attached hydrogen (secondary N) is 1. The molecule has 0 aliphatic carbocycles. The third kappa shape index (κ3) is 3.98. The summed E-state index contributed by atoms with van der Waals surface area (Å²) < 4.78 is 29.2. The van der Waals surface area contributed by atoms with Crippen LogP contribution in [0, 0.1) is 0 Å². The van der Waals surface area contributed by atoms with Crippen LogP contribution in [-0.4, -0.2) is 47.3 Å². The smallest absolute Gasteiger partial charge is 0.262 e. The number of carbonyl (C=O) groups excluding carboxylic acids is 1. The Balaban J connectivity index is 1.63. The Hall–Kier alpha value is -2.68. The number of benzene rings is 2. The van der Waals surface area contributed by atoms with Crippen molar-refractivity contribution in [2.24, 2.45) is 7.05 Å². The monoisotopic (exact) mass is 444 g/mol. The van der Waals surface area contributed by atoms with E-state index in [1.807, 2.05) is 30.3 Å². The van der Waals surface area contributed by atoms with Gasteiger partial charge in [0.1, 0.15) is 0 Å². The van der Waals surface area contributed by atoms with Crippen molar-refractivity contribution < 1.29 is 13.2 Å². The van der Waals surface area contributed by atoms with E-state index < -0.39 is 16.1 Å². The number of carbonyl (C=O) groups is 1. The first-order valence-electron chi connectivity index (χ1n) is 9.44. The fraction of sp³-hybridized carbons (Fsp3) is 0.238. The van der Waals surface area contributed by atoms with Gasteiger partial charge in [0.25, 0.3) is 15.9 Å². The lowest BCUT2D eigenvalue weighted by molar-refractivity contribution is 0.0936. The van der Waals surface area contributed by atoms with E-state index in [-0.39, 0.29) is 29.9 Å². The fourth-order valence-corrected chi connectivity index (χ4v) is 5.37. The van der Waals surface area contributed by atoms with Crippen LogP contribution in [0.15, 0.2) is 72.1 Å². The molecule has 2 atom stereocenters. The zero-order valence-corrected chi connectivity index (χ0v) is 17.8. The van der Waals surface area contributed by atoms with Crippen LogP contribution in [0.25, 0.3) is 0 Å². The molecular weight excluding hydrogens is 424 g/mol. The Morgan fingerprint density at radius 3 is 2.47 bits per heavy atom. The van der Waals surface area contributed by atoms with Crippen molar-refractivity contribution in [2.45, 2.75) is 17.0 Å². The lowest BCUT2D eigenvalue weighted by Crippen LogP contribution is -2.40. The van der Waals surface area contributed by atoms with Crippen molar-refractivity contribution in [1.29, 1.82) is 0 Å². The van der Waals surface area contributed by atoms with Crippen molar-refractivity contribution >= 4 is 27.5 Å². The van der Waals surface area contributed by atoms with Gasteiger partial charge < -0.3 is 9.88 Å². The molecule has 156 valence electrons. The molecule has 4 rings (SSSR count). The number of halogens is 1. The molecule has 0 bridgehead atoms. The molecule has 2 heterocycles. The Morgan fingerprint density at radius 2 is 1.80 bits per heavy atom. The molecule has 0 unspecified atom stereocenters. The maximum atomic E-state index is 13.1. The standard InChI is InChI=1S/C21H21ClN4O3S/c1-25-13-20(23-14-25)30(28,29)26-11-17(15-7-3-2-4-8-15)19(12-26)24-21(27)16-9-5-6-10-18(16)22/h2-10,13-14,17,19H,11-12H2,1H3,(H,24,27)/t17-,19+/m0/s1. The van der Waals surface area contributed by atoms with E-state index >= 15 is 0 Å². The third-order valence-corrected chi connectivity index (χ3v) is 7.28. The average Bonchev–Trinajstić information content (AvgIpc) is 3.36. The van der Waals surface area contributed by atoms with Gasteiger partial charge >= 0.3 is 0 Å². The Kier molecular flexibility index (Phi) is 5.64. The predicted octanol–water partition coefficient (Wildman–Crippen LogP) is 2.66. The molecule has 1 aliphatic rings. The van der Waals surface area contributed by atoms with Gasteiger partial charge in [-0.15, -0.1) is 0 Å². The van der Waals surface area contributed by atoms with E-state index in [0.29, 0.717) is 10.6 Å². The molecule has 9 heteroatoms. The molecule has 0 saturated carbocycles. The SMILES string of the molecule is Cn1cnc(S(=O)(=O)N2C[C@@H](NC(=O)c3ccccc3Cl)[C@H](c3ccccc3)C2)c1. The zero-order chi connectivity index (χ0) is 21.3. The van der Waals surface area contributed by atoms with Gasteiger partial charge in [-0.25, -0.2) is 13.4 Å². The lowest BCUT2D eigenvalue weighted by atomic mass is 9.94. The number of aromatic nitrogens is 2. The highest BCUT2D eigenvalue weighted by molar-refractivity contribution is 7.89. The first-order chi connectivity index (χ1) is 14.4. The first kappa shape index (κ1) is 20.6. The Labute approximate surface area is 180 Å². The minimum absolute atomic E-state index is 0.00473. The summed E-state index contributed by atoms with van der Waals surface area (Å²) in [5.74, 6) is -0.528. The maximum Gasteiger partial charge on any atom is 0.262 e. The van der Waals surface area contributed by atoms with Crippen LogP contribution >= 0.6 is 11.6 Å². The summed E-state index contributed by atoms with van der Waals surface area (Å²) in [6.45, 7) is 0.394. The molecule has 2 aromatic carbocycles. The van der Waals surface area contributed by atoms with E-state index in [4.69, 9.17) is 11.6 Å². The van der Waals surface area contributed by atoms with Crippen molar-refractivity contribution in [2.75, 3.05) is 13.1 Å². The van der Waals surface area contributed by atoms with E-state index in [0.717, 1.165) is 5.56 Å². The van der Waals surface area contributed by atoms with E-state index in [1.165, 1.54) is 16.8 Å². The Morgan fingerprint density at radius 1 is 1.10 bits per heavy atom. The molecule has 0 radical (unpaired) electrons. The van der Waals surface area contributed by atoms with Crippen LogP contribution in [0.2, 0.25) is 5.02 Å². The topological polar surface area (TPSA) is 84.3 Å². The number of sulfonamides is 1. The van der Waals surface area contributed by atoms with Gasteiger partial charge in [-0.1, -0.05) is 54.1 Å². The third-order valence-electron chi connectivity index (χ3n) is 5.23. The highest BCUT2D eigenvalue weighted by atomic mass is 35.5. The molecule has 1 aliphatic heterocycles. The van der Waals surface area contributed by atoms with Gasteiger partial charge in [0, 0.05) is 32.3 Å². The van der Waals surface area contributed by atoms with Gasteiger partial charge in [-0.3, -0.25) is 4.79 Å². The summed E-state index contributed by atoms with van der Waals surface area (Å²) in [5.41, 5.74) is 1.32. The second kappa shape index (κ2) is 8.22. The molecule has 1 N–H and O–H groups in total. The summed E-state index contributed by atoms with van der Waals surface area (Å²) in [6, 6.07) is 16.0. The molecule has 1 aromatic heterocycles. The molecule has 1 amide bonds. The van der Waals surface area contributed by atoms with Gasteiger partial charge in [-0.2, -0.15) is 4.31 Å². The summed E-state index contributed by atoms with van der Waals surface area (Å²) in [5, 5.41) is 3.33. The lowest BCUT2D eigenvalue weighted by Gasteiger charge is -2.20. The van der Waals surface area contributed by atoms with Crippen molar-refractivity contribution in [3.05, 3.63) is 83.3 Å². The van der Waals surface area contributed by atoms with Crippen molar-refractivity contribution in [3.63, 3.8) is 0 Å². The van der Waals surface area contributed by atoms with Gasteiger partial charge in [-0.05, 0) is 17.7 Å². The second-order valence-electron chi connectivity index (χ2n) is 7.28. The number of hydrogen-bond acceptors (Lipinski definition) is 4. The predicted molar refractivity (Wildman–Crippen MR) is 114 cm³/mol. The number of aryl methyl sites for hydroxylation is 1. The highest BCUT2D eigenvalue weighted by Gasteiger charge is 2.41. The summed E-state index contributed by atoms with van der Waals surface area (Å²) in [7, 11) is -2.06. The molecule has 30 heavy (non-hydrogen) atoms. The fourth-order valence-electron chi connectivity index (χ4n) is 3.69. The summed E-state index contributed by atoms with van der Waals surface area (Å²) >= 11 is 6.16. The summed E-state index contributed by atoms with van der Waals surface area (Å²) in [4.78, 5) is 16.9. The quantitative estimate of drug-likeness (QED) is 0.655. The van der Waals surface area contributed by atoms with Crippen LogP contribution < -0.4 is 5.32 Å².